The van der Waals surface area contributed by atoms with Crippen LogP contribution in [0.4, 0.5) is 0 Å². The highest BCUT2D eigenvalue weighted by Gasteiger charge is 2.25. The van der Waals surface area contributed by atoms with Gasteiger partial charge in [0.05, 0.1) is 29.9 Å². The van der Waals surface area contributed by atoms with Gasteiger partial charge in [0, 0.05) is 12.3 Å². The van der Waals surface area contributed by atoms with E-state index in [1.165, 1.54) is 6.92 Å². The van der Waals surface area contributed by atoms with Gasteiger partial charge in [0.2, 0.25) is 0 Å². The maximum Gasteiger partial charge on any atom is 0.308 e. The van der Waals surface area contributed by atoms with Crippen LogP contribution in [-0.2, 0) is 22.6 Å². The third kappa shape index (κ3) is 2.92. The van der Waals surface area contributed by atoms with Gasteiger partial charge < -0.3 is 14.0 Å². The smallest absolute Gasteiger partial charge is 0.308 e. The van der Waals surface area contributed by atoms with Crippen LogP contribution in [0.2, 0.25) is 0 Å². The molecule has 0 radical (unpaired) electrons. The van der Waals surface area contributed by atoms with Crippen LogP contribution in [0.25, 0.3) is 21.9 Å². The van der Waals surface area contributed by atoms with E-state index < -0.39 is 0 Å². The van der Waals surface area contributed by atoms with Gasteiger partial charge in [-0.25, -0.2) is 4.98 Å². The van der Waals surface area contributed by atoms with Gasteiger partial charge in [-0.2, -0.15) is 0 Å². The van der Waals surface area contributed by atoms with Gasteiger partial charge in [-0.15, -0.1) is 0 Å². The number of hydrogen-bond acceptors (Lipinski definition) is 5. The zero-order valence-electron chi connectivity index (χ0n) is 15.5. The summed E-state index contributed by atoms with van der Waals surface area (Å²) in [4.78, 5) is 20.4. The highest BCUT2D eigenvalue weighted by atomic mass is 16.5. The summed E-state index contributed by atoms with van der Waals surface area (Å²) in [6, 6.07) is 15.9. The van der Waals surface area contributed by atoms with E-state index in [-0.39, 0.29) is 12.0 Å². The number of benzene rings is 2. The first-order valence-electron chi connectivity index (χ1n) is 9.29. The van der Waals surface area contributed by atoms with Crippen LogP contribution < -0.4 is 4.74 Å². The molecule has 0 bridgehead atoms. The SMILES string of the molecule is CC(=O)Oc1ccc(C[C@H]2COCc3nc4cnc5ccccc5c4n32)cc1. The molecule has 1 aliphatic heterocycles. The molecular formula is C22H19N3O3. The molecule has 0 spiro atoms. The minimum atomic E-state index is -0.316. The average molecular weight is 373 g/mol. The van der Waals surface area contributed by atoms with Crippen molar-refractivity contribution in [2.75, 3.05) is 6.61 Å². The topological polar surface area (TPSA) is 66.2 Å². The van der Waals surface area contributed by atoms with Gasteiger partial charge in [-0.05, 0) is 30.2 Å². The van der Waals surface area contributed by atoms with E-state index in [2.05, 4.69) is 15.6 Å². The van der Waals surface area contributed by atoms with Crippen molar-refractivity contribution in [3.8, 4) is 5.75 Å². The Morgan fingerprint density at radius 1 is 1.18 bits per heavy atom. The van der Waals surface area contributed by atoms with Gasteiger partial charge in [0.15, 0.2) is 0 Å². The third-order valence-electron chi connectivity index (χ3n) is 5.06. The number of para-hydroxylation sites is 1. The number of carbonyl (C=O) groups excluding carboxylic acids is 1. The van der Waals surface area contributed by atoms with E-state index in [4.69, 9.17) is 14.5 Å². The Labute approximate surface area is 161 Å². The largest absolute Gasteiger partial charge is 0.427 e. The first kappa shape index (κ1) is 16.9. The minimum Gasteiger partial charge on any atom is -0.427 e. The molecule has 6 heteroatoms. The second kappa shape index (κ2) is 6.73. The minimum absolute atomic E-state index is 0.138. The fourth-order valence-electron chi connectivity index (χ4n) is 3.91. The van der Waals surface area contributed by atoms with Gasteiger partial charge in [-0.3, -0.25) is 9.78 Å². The molecular weight excluding hydrogens is 354 g/mol. The summed E-state index contributed by atoms with van der Waals surface area (Å²) >= 11 is 0. The van der Waals surface area contributed by atoms with Crippen LogP contribution >= 0.6 is 0 Å². The highest BCUT2D eigenvalue weighted by Crippen LogP contribution is 2.32. The van der Waals surface area contributed by atoms with E-state index >= 15 is 0 Å². The Kier molecular flexibility index (Phi) is 4.06. The number of pyridine rings is 1. The lowest BCUT2D eigenvalue weighted by Gasteiger charge is -2.26. The summed E-state index contributed by atoms with van der Waals surface area (Å²) in [5.41, 5.74) is 4.13. The first-order valence-corrected chi connectivity index (χ1v) is 9.29. The van der Waals surface area contributed by atoms with Crippen molar-refractivity contribution < 1.29 is 14.3 Å². The van der Waals surface area contributed by atoms with E-state index in [9.17, 15) is 4.79 Å². The lowest BCUT2D eigenvalue weighted by atomic mass is 10.0. The molecule has 2 aromatic heterocycles. The predicted molar refractivity (Wildman–Crippen MR) is 105 cm³/mol. The van der Waals surface area contributed by atoms with E-state index in [1.807, 2.05) is 48.7 Å². The number of ether oxygens (including phenoxy) is 2. The standard InChI is InChI=1S/C22H19N3O3/c1-14(26)28-17-8-6-15(7-9-17)10-16-12-27-13-21-24-20-11-23-19-5-3-2-4-18(19)22(20)25(16)21/h2-9,11,16H,10,12-13H2,1H3/t16-/m0/s1. The average Bonchev–Trinajstić information content (AvgIpc) is 3.09. The van der Waals surface area contributed by atoms with E-state index in [0.29, 0.717) is 19.0 Å². The molecule has 4 aromatic rings. The summed E-state index contributed by atoms with van der Waals surface area (Å²) in [7, 11) is 0. The lowest BCUT2D eigenvalue weighted by molar-refractivity contribution is -0.131. The van der Waals surface area contributed by atoms with E-state index in [1.54, 1.807) is 0 Å². The molecule has 140 valence electrons. The fraction of sp³-hybridized carbons (Fsp3) is 0.227. The third-order valence-corrected chi connectivity index (χ3v) is 5.06. The van der Waals surface area contributed by atoms with Crippen LogP contribution in [0.1, 0.15) is 24.4 Å². The molecule has 2 aromatic carbocycles. The molecule has 0 unspecified atom stereocenters. The van der Waals surface area contributed by atoms with Crippen molar-refractivity contribution in [3.05, 3.63) is 66.1 Å². The Morgan fingerprint density at radius 3 is 2.82 bits per heavy atom. The Hall–Kier alpha value is -3.25. The van der Waals surface area contributed by atoms with Crippen molar-refractivity contribution in [1.29, 1.82) is 0 Å². The molecule has 1 aliphatic rings. The Morgan fingerprint density at radius 2 is 2.00 bits per heavy atom. The van der Waals surface area contributed by atoms with Crippen molar-refractivity contribution in [1.82, 2.24) is 14.5 Å². The zero-order chi connectivity index (χ0) is 19.1. The number of rotatable bonds is 3. The maximum atomic E-state index is 11.1. The van der Waals surface area contributed by atoms with Crippen LogP contribution in [0, 0.1) is 0 Å². The summed E-state index contributed by atoms with van der Waals surface area (Å²) in [6.45, 7) is 2.53. The van der Waals surface area contributed by atoms with Crippen molar-refractivity contribution in [3.63, 3.8) is 0 Å². The van der Waals surface area contributed by atoms with Crippen LogP contribution in [0.15, 0.2) is 54.7 Å². The summed E-state index contributed by atoms with van der Waals surface area (Å²) in [5, 5.41) is 1.11. The number of hydrogen-bond donors (Lipinski definition) is 0. The van der Waals surface area contributed by atoms with Gasteiger partial charge in [0.1, 0.15) is 23.7 Å². The fourth-order valence-corrected chi connectivity index (χ4v) is 3.91. The molecule has 0 N–H and O–H groups in total. The Bertz CT molecular complexity index is 1180. The van der Waals surface area contributed by atoms with Crippen molar-refractivity contribution in [2.24, 2.45) is 0 Å². The first-order chi connectivity index (χ1) is 13.7. The molecule has 5 rings (SSSR count). The molecule has 6 nitrogen and oxygen atoms in total. The van der Waals surface area contributed by atoms with Gasteiger partial charge >= 0.3 is 5.97 Å². The molecule has 0 saturated heterocycles. The molecule has 3 heterocycles. The normalized spacial score (nSPS) is 16.2. The number of aromatic nitrogens is 3. The summed E-state index contributed by atoms with van der Waals surface area (Å²) < 4.78 is 13.3. The van der Waals surface area contributed by atoms with Crippen molar-refractivity contribution >= 4 is 27.9 Å². The lowest BCUT2D eigenvalue weighted by Crippen LogP contribution is -2.25. The Balaban J connectivity index is 1.55. The molecule has 28 heavy (non-hydrogen) atoms. The van der Waals surface area contributed by atoms with Crippen LogP contribution in [0.3, 0.4) is 0 Å². The zero-order valence-corrected chi connectivity index (χ0v) is 15.5. The molecule has 0 amide bonds. The molecule has 0 aliphatic carbocycles. The highest BCUT2D eigenvalue weighted by molar-refractivity contribution is 6.02. The quantitative estimate of drug-likeness (QED) is 0.403. The monoisotopic (exact) mass is 373 g/mol. The number of nitrogens with zero attached hydrogens (tertiary/aromatic N) is 3. The maximum absolute atomic E-state index is 11.1. The molecule has 0 fully saturated rings. The van der Waals surface area contributed by atoms with Gasteiger partial charge in [0.25, 0.3) is 0 Å². The second-order valence-corrected chi connectivity index (χ2v) is 7.02. The predicted octanol–water partition coefficient (Wildman–Crippen LogP) is 3.82. The van der Waals surface area contributed by atoms with Crippen molar-refractivity contribution in [2.45, 2.75) is 26.0 Å². The number of fused-ring (bicyclic) bond motifs is 5. The van der Waals surface area contributed by atoms with Crippen LogP contribution in [0.5, 0.6) is 5.75 Å². The van der Waals surface area contributed by atoms with E-state index in [0.717, 1.165) is 39.7 Å². The van der Waals surface area contributed by atoms with Crippen LogP contribution in [-0.4, -0.2) is 27.1 Å². The molecule has 1 atom stereocenters. The summed E-state index contributed by atoms with van der Waals surface area (Å²) in [5.74, 6) is 1.17. The number of esters is 1. The number of carbonyl (C=O) groups is 1. The second-order valence-electron chi connectivity index (χ2n) is 7.02. The summed E-state index contributed by atoms with van der Waals surface area (Å²) in [6.07, 6.45) is 2.64. The van der Waals surface area contributed by atoms with Gasteiger partial charge in [-0.1, -0.05) is 30.3 Å². The molecule has 0 saturated carbocycles. The number of imidazole rings is 1.